The van der Waals surface area contributed by atoms with Crippen molar-refractivity contribution in [3.05, 3.63) is 35.9 Å². The number of carbonyl (C=O) groups excluding carboxylic acids is 1. The van der Waals surface area contributed by atoms with E-state index in [4.69, 9.17) is 0 Å². The molecule has 1 aromatic rings. The van der Waals surface area contributed by atoms with Gasteiger partial charge in [0.25, 0.3) is 0 Å². The highest BCUT2D eigenvalue weighted by Crippen LogP contribution is 2.41. The molecule has 1 aromatic carbocycles. The average molecular weight is 254 g/mol. The largest absolute Gasteiger partial charge is 0.297 e. The van der Waals surface area contributed by atoms with Crippen molar-refractivity contribution >= 4 is 5.78 Å². The van der Waals surface area contributed by atoms with Crippen molar-refractivity contribution in [3.63, 3.8) is 0 Å². The van der Waals surface area contributed by atoms with Crippen LogP contribution in [0.15, 0.2) is 30.3 Å². The molecular formula is C16H18N2O. The summed E-state index contributed by atoms with van der Waals surface area (Å²) >= 11 is 0. The number of nitriles is 1. The van der Waals surface area contributed by atoms with Gasteiger partial charge in [-0.25, -0.2) is 0 Å². The summed E-state index contributed by atoms with van der Waals surface area (Å²) in [5.74, 6) is 0.274. The smallest absolute Gasteiger partial charge is 0.158 e. The zero-order valence-corrected chi connectivity index (χ0v) is 11.0. The lowest BCUT2D eigenvalue weighted by Gasteiger charge is -2.44. The Hall–Kier alpha value is -1.66. The highest BCUT2D eigenvalue weighted by molar-refractivity contribution is 5.91. The minimum atomic E-state index is -0.726. The summed E-state index contributed by atoms with van der Waals surface area (Å²) in [5.41, 5.74) is 0.527. The van der Waals surface area contributed by atoms with Gasteiger partial charge < -0.3 is 0 Å². The van der Waals surface area contributed by atoms with Crippen LogP contribution in [0.1, 0.15) is 24.8 Å². The first-order valence-electron chi connectivity index (χ1n) is 6.95. The molecule has 0 spiro atoms. The zero-order valence-electron chi connectivity index (χ0n) is 11.0. The molecule has 19 heavy (non-hydrogen) atoms. The first kappa shape index (κ1) is 12.4. The van der Waals surface area contributed by atoms with Crippen LogP contribution in [0.3, 0.4) is 0 Å². The Morgan fingerprint density at radius 1 is 1.37 bits per heavy atom. The zero-order chi connectivity index (χ0) is 13.3. The van der Waals surface area contributed by atoms with E-state index in [0.29, 0.717) is 6.54 Å². The third kappa shape index (κ3) is 2.17. The van der Waals surface area contributed by atoms with E-state index in [2.05, 4.69) is 23.1 Å². The van der Waals surface area contributed by atoms with Crippen LogP contribution in [-0.4, -0.2) is 23.8 Å². The topological polar surface area (TPSA) is 44.1 Å². The molecule has 0 amide bonds. The lowest BCUT2D eigenvalue weighted by atomic mass is 9.66. The van der Waals surface area contributed by atoms with E-state index in [1.807, 2.05) is 18.2 Å². The number of benzene rings is 1. The number of likely N-dealkylation sites (tertiary alicyclic amines) is 1. The number of ketones is 1. The van der Waals surface area contributed by atoms with Gasteiger partial charge in [-0.05, 0) is 18.4 Å². The summed E-state index contributed by atoms with van der Waals surface area (Å²) in [7, 11) is 0. The van der Waals surface area contributed by atoms with E-state index < -0.39 is 5.41 Å². The number of hydrogen-bond acceptors (Lipinski definition) is 3. The predicted octanol–water partition coefficient (Wildman–Crippen LogP) is 2.38. The summed E-state index contributed by atoms with van der Waals surface area (Å²) in [6, 6.07) is 12.6. The second-order valence-corrected chi connectivity index (χ2v) is 5.80. The summed E-state index contributed by atoms with van der Waals surface area (Å²) in [4.78, 5) is 14.6. The lowest BCUT2D eigenvalue weighted by molar-refractivity contribution is -0.139. The summed E-state index contributed by atoms with van der Waals surface area (Å²) in [6.45, 7) is 2.26. The summed E-state index contributed by atoms with van der Waals surface area (Å²) in [5, 5.41) is 9.45. The molecule has 98 valence electrons. The SMILES string of the molecule is N#CC12CCCC(CN(Cc3ccccc3)C1)C2=O. The number of piperidine rings is 1. The van der Waals surface area contributed by atoms with Crippen molar-refractivity contribution in [1.82, 2.24) is 4.90 Å². The Labute approximate surface area is 113 Å². The molecular weight excluding hydrogens is 236 g/mol. The fraction of sp³-hybridized carbons (Fsp3) is 0.500. The summed E-state index contributed by atoms with van der Waals surface area (Å²) in [6.07, 6.45) is 2.71. The Balaban J connectivity index is 1.79. The summed E-state index contributed by atoms with van der Waals surface area (Å²) < 4.78 is 0. The van der Waals surface area contributed by atoms with Gasteiger partial charge in [0.05, 0.1) is 6.07 Å². The highest BCUT2D eigenvalue weighted by Gasteiger charge is 2.50. The molecule has 2 unspecified atom stereocenters. The maximum Gasteiger partial charge on any atom is 0.158 e. The van der Waals surface area contributed by atoms with E-state index in [0.717, 1.165) is 32.4 Å². The molecule has 3 nitrogen and oxygen atoms in total. The third-order valence-electron chi connectivity index (χ3n) is 4.43. The molecule has 0 N–H and O–H groups in total. The highest BCUT2D eigenvalue weighted by atomic mass is 16.1. The molecule has 1 saturated carbocycles. The van der Waals surface area contributed by atoms with Gasteiger partial charge in [-0.2, -0.15) is 5.26 Å². The number of fused-ring (bicyclic) bond motifs is 2. The van der Waals surface area contributed by atoms with Gasteiger partial charge in [0.1, 0.15) is 5.41 Å². The molecule has 2 fully saturated rings. The fourth-order valence-corrected chi connectivity index (χ4v) is 3.49. The second-order valence-electron chi connectivity index (χ2n) is 5.80. The maximum atomic E-state index is 12.3. The van der Waals surface area contributed by atoms with Crippen LogP contribution in [0.5, 0.6) is 0 Å². The first-order valence-corrected chi connectivity index (χ1v) is 6.95. The quantitative estimate of drug-likeness (QED) is 0.814. The Bertz CT molecular complexity index is 519. The molecule has 3 heteroatoms. The van der Waals surface area contributed by atoms with E-state index in [-0.39, 0.29) is 11.7 Å². The molecule has 1 heterocycles. The Kier molecular flexibility index (Phi) is 3.12. The van der Waals surface area contributed by atoms with Crippen molar-refractivity contribution in [2.45, 2.75) is 25.8 Å². The number of carbonyl (C=O) groups is 1. The van der Waals surface area contributed by atoms with Gasteiger partial charge >= 0.3 is 0 Å². The fourth-order valence-electron chi connectivity index (χ4n) is 3.49. The third-order valence-corrected chi connectivity index (χ3v) is 4.43. The van der Waals surface area contributed by atoms with E-state index in [9.17, 15) is 10.1 Å². The molecule has 1 aliphatic heterocycles. The first-order chi connectivity index (χ1) is 9.23. The van der Waals surface area contributed by atoms with Gasteiger partial charge in [-0.3, -0.25) is 9.69 Å². The predicted molar refractivity (Wildman–Crippen MR) is 72.1 cm³/mol. The van der Waals surface area contributed by atoms with Crippen molar-refractivity contribution < 1.29 is 4.79 Å². The normalized spacial score (nSPS) is 30.9. The molecule has 2 bridgehead atoms. The monoisotopic (exact) mass is 254 g/mol. The maximum absolute atomic E-state index is 12.3. The van der Waals surface area contributed by atoms with Crippen LogP contribution in [0, 0.1) is 22.7 Å². The molecule has 0 aromatic heterocycles. The molecule has 1 saturated heterocycles. The van der Waals surface area contributed by atoms with Crippen molar-refractivity contribution in [1.29, 1.82) is 5.26 Å². The van der Waals surface area contributed by atoms with Crippen molar-refractivity contribution in [3.8, 4) is 6.07 Å². The van der Waals surface area contributed by atoms with Crippen molar-refractivity contribution in [2.75, 3.05) is 13.1 Å². The molecule has 3 rings (SSSR count). The minimum Gasteiger partial charge on any atom is -0.297 e. The van der Waals surface area contributed by atoms with Gasteiger partial charge in [0, 0.05) is 25.6 Å². The number of rotatable bonds is 2. The van der Waals surface area contributed by atoms with Crippen molar-refractivity contribution in [2.24, 2.45) is 11.3 Å². The number of nitrogens with zero attached hydrogens (tertiary/aromatic N) is 2. The lowest BCUT2D eigenvalue weighted by Crippen LogP contribution is -2.55. The average Bonchev–Trinajstić information content (AvgIpc) is 2.42. The van der Waals surface area contributed by atoms with Crippen LogP contribution >= 0.6 is 0 Å². The number of Topliss-reactive ketones (excluding diaryl/α,β-unsaturated/α-hetero) is 1. The van der Waals surface area contributed by atoms with Crippen LogP contribution in [0.2, 0.25) is 0 Å². The van der Waals surface area contributed by atoms with Gasteiger partial charge in [0.2, 0.25) is 0 Å². The minimum absolute atomic E-state index is 0.0749. The van der Waals surface area contributed by atoms with Gasteiger partial charge in [-0.1, -0.05) is 36.8 Å². The van der Waals surface area contributed by atoms with Crippen LogP contribution in [-0.2, 0) is 11.3 Å². The van der Waals surface area contributed by atoms with Crippen LogP contribution in [0.25, 0.3) is 0 Å². The van der Waals surface area contributed by atoms with E-state index >= 15 is 0 Å². The standard InChI is InChI=1S/C16H18N2O/c17-11-16-8-4-7-14(15(16)19)10-18(12-16)9-13-5-2-1-3-6-13/h1-3,5-6,14H,4,7-10,12H2. The molecule has 2 aliphatic rings. The van der Waals surface area contributed by atoms with E-state index in [1.54, 1.807) is 0 Å². The molecule has 0 radical (unpaired) electrons. The van der Waals surface area contributed by atoms with Crippen LogP contribution < -0.4 is 0 Å². The van der Waals surface area contributed by atoms with E-state index in [1.165, 1.54) is 5.56 Å². The second kappa shape index (κ2) is 4.79. The molecule has 1 aliphatic carbocycles. The Morgan fingerprint density at radius 2 is 2.16 bits per heavy atom. The number of hydrogen-bond donors (Lipinski definition) is 0. The van der Waals surface area contributed by atoms with Crippen LogP contribution in [0.4, 0.5) is 0 Å². The van der Waals surface area contributed by atoms with Gasteiger partial charge in [0.15, 0.2) is 5.78 Å². The van der Waals surface area contributed by atoms with Gasteiger partial charge in [-0.15, -0.1) is 0 Å². The Morgan fingerprint density at radius 3 is 2.89 bits per heavy atom. The molecule has 2 atom stereocenters.